The third kappa shape index (κ3) is 4.30. The van der Waals surface area contributed by atoms with Crippen molar-refractivity contribution in [3.63, 3.8) is 0 Å². The highest BCUT2D eigenvalue weighted by Gasteiger charge is 2.11. The molecule has 2 amide bonds. The van der Waals surface area contributed by atoms with E-state index in [9.17, 15) is 9.59 Å². The van der Waals surface area contributed by atoms with Crippen LogP contribution in [0.15, 0.2) is 64.5 Å². The van der Waals surface area contributed by atoms with Crippen molar-refractivity contribution in [3.8, 4) is 5.75 Å². The van der Waals surface area contributed by atoms with Crippen LogP contribution in [0.4, 0.5) is 11.4 Å². The Kier molecular flexibility index (Phi) is 5.70. The maximum atomic E-state index is 12.4. The quantitative estimate of drug-likeness (QED) is 0.596. The Morgan fingerprint density at radius 3 is 2.31 bits per heavy atom. The van der Waals surface area contributed by atoms with Gasteiger partial charge in [0.15, 0.2) is 0 Å². The number of hydrogen-bond acceptors (Lipinski definition) is 4. The third-order valence-electron chi connectivity index (χ3n) is 3.54. The molecule has 0 fully saturated rings. The molecule has 5 nitrogen and oxygen atoms in total. The van der Waals surface area contributed by atoms with Gasteiger partial charge < -0.3 is 15.4 Å². The van der Waals surface area contributed by atoms with Crippen molar-refractivity contribution in [2.45, 2.75) is 0 Å². The van der Waals surface area contributed by atoms with Crippen LogP contribution in [0.5, 0.6) is 5.75 Å². The minimum Gasteiger partial charge on any atom is -0.496 e. The maximum absolute atomic E-state index is 12.4. The fourth-order valence-electron chi connectivity index (χ4n) is 2.29. The van der Waals surface area contributed by atoms with E-state index < -0.39 is 0 Å². The first kappa shape index (κ1) is 18.2. The molecule has 1 aromatic heterocycles. The van der Waals surface area contributed by atoms with E-state index in [1.165, 1.54) is 11.3 Å². The summed E-state index contributed by atoms with van der Waals surface area (Å²) < 4.78 is 5.86. The Hall–Kier alpha value is -2.64. The Morgan fingerprint density at radius 1 is 0.962 bits per heavy atom. The van der Waals surface area contributed by atoms with E-state index in [2.05, 4.69) is 26.6 Å². The van der Waals surface area contributed by atoms with Gasteiger partial charge in [0.1, 0.15) is 5.75 Å². The molecule has 2 aromatic carbocycles. The number of benzene rings is 2. The number of methoxy groups -OCH3 is 1. The molecule has 0 aliphatic rings. The molecule has 0 saturated heterocycles. The number of halogens is 1. The number of amides is 2. The van der Waals surface area contributed by atoms with E-state index in [0.29, 0.717) is 32.0 Å². The molecule has 0 aliphatic heterocycles. The number of nitrogens with one attached hydrogen (secondary N) is 2. The second-order valence-electron chi connectivity index (χ2n) is 5.32. The van der Waals surface area contributed by atoms with Crippen LogP contribution in [-0.2, 0) is 0 Å². The van der Waals surface area contributed by atoms with E-state index in [-0.39, 0.29) is 11.8 Å². The number of carbonyl (C=O) groups is 2. The molecule has 26 heavy (non-hydrogen) atoms. The zero-order valence-electron chi connectivity index (χ0n) is 13.8. The summed E-state index contributed by atoms with van der Waals surface area (Å²) in [4.78, 5) is 25.2. The van der Waals surface area contributed by atoms with E-state index in [0.717, 1.165) is 0 Å². The molecule has 3 aromatic rings. The van der Waals surface area contributed by atoms with E-state index in [1.54, 1.807) is 55.6 Å². The van der Waals surface area contributed by atoms with Gasteiger partial charge >= 0.3 is 0 Å². The minimum absolute atomic E-state index is 0.178. The van der Waals surface area contributed by atoms with Gasteiger partial charge in [-0.3, -0.25) is 9.59 Å². The molecule has 0 saturated carbocycles. The number of rotatable bonds is 5. The summed E-state index contributed by atoms with van der Waals surface area (Å²) in [6.07, 6.45) is 0. The van der Waals surface area contributed by atoms with Crippen molar-refractivity contribution in [2.24, 2.45) is 0 Å². The lowest BCUT2D eigenvalue weighted by atomic mass is 10.2. The van der Waals surface area contributed by atoms with Gasteiger partial charge in [-0.25, -0.2) is 0 Å². The van der Waals surface area contributed by atoms with Crippen molar-refractivity contribution in [1.29, 1.82) is 0 Å². The monoisotopic (exact) mass is 430 g/mol. The van der Waals surface area contributed by atoms with Gasteiger partial charge in [0.05, 0.1) is 16.5 Å². The topological polar surface area (TPSA) is 67.4 Å². The van der Waals surface area contributed by atoms with Crippen LogP contribution >= 0.6 is 27.3 Å². The summed E-state index contributed by atoms with van der Waals surface area (Å²) in [6.45, 7) is 0. The third-order valence-corrected chi connectivity index (χ3v) is 5.03. The highest BCUT2D eigenvalue weighted by atomic mass is 79.9. The predicted octanol–water partition coefficient (Wildman–Crippen LogP) is 5.02. The Balaban J connectivity index is 1.71. The number of carbonyl (C=O) groups excluding carboxylic acids is 2. The van der Waals surface area contributed by atoms with Gasteiger partial charge in [-0.15, -0.1) is 11.3 Å². The predicted molar refractivity (Wildman–Crippen MR) is 107 cm³/mol. The largest absolute Gasteiger partial charge is 0.496 e. The number of hydrogen-bond donors (Lipinski definition) is 2. The normalized spacial score (nSPS) is 10.2. The van der Waals surface area contributed by atoms with Gasteiger partial charge in [0, 0.05) is 16.9 Å². The first-order valence-corrected chi connectivity index (χ1v) is 9.34. The Labute approximate surface area is 163 Å². The molecule has 1 heterocycles. The smallest absolute Gasteiger partial charge is 0.265 e. The first-order chi connectivity index (χ1) is 12.6. The summed E-state index contributed by atoms with van der Waals surface area (Å²) in [5.74, 6) is 0.220. The van der Waals surface area contributed by atoms with Crippen LogP contribution < -0.4 is 15.4 Å². The van der Waals surface area contributed by atoms with Gasteiger partial charge in [-0.1, -0.05) is 12.1 Å². The van der Waals surface area contributed by atoms with Crippen molar-refractivity contribution in [2.75, 3.05) is 17.7 Å². The van der Waals surface area contributed by atoms with Gasteiger partial charge in [-0.05, 0) is 63.8 Å². The molecule has 132 valence electrons. The second-order valence-corrected chi connectivity index (χ2v) is 7.12. The molecule has 2 N–H and O–H groups in total. The lowest BCUT2D eigenvalue weighted by Gasteiger charge is -2.10. The second kappa shape index (κ2) is 8.16. The molecule has 0 aliphatic carbocycles. The average molecular weight is 431 g/mol. The van der Waals surface area contributed by atoms with Gasteiger partial charge in [-0.2, -0.15) is 0 Å². The van der Waals surface area contributed by atoms with Gasteiger partial charge in [0.2, 0.25) is 0 Å². The van der Waals surface area contributed by atoms with Crippen LogP contribution in [0.1, 0.15) is 20.0 Å². The molecule has 0 spiro atoms. The van der Waals surface area contributed by atoms with Crippen LogP contribution in [0.25, 0.3) is 0 Å². The first-order valence-electron chi connectivity index (χ1n) is 7.66. The molecular weight excluding hydrogens is 416 g/mol. The van der Waals surface area contributed by atoms with Crippen molar-refractivity contribution < 1.29 is 14.3 Å². The minimum atomic E-state index is -0.255. The van der Waals surface area contributed by atoms with Crippen LogP contribution in [0, 0.1) is 0 Å². The van der Waals surface area contributed by atoms with Crippen molar-refractivity contribution >= 4 is 50.5 Å². The van der Waals surface area contributed by atoms with E-state index in [1.807, 2.05) is 11.4 Å². The van der Waals surface area contributed by atoms with Crippen LogP contribution in [-0.4, -0.2) is 18.9 Å². The Bertz CT molecular complexity index is 942. The molecule has 0 radical (unpaired) electrons. The summed E-state index contributed by atoms with van der Waals surface area (Å²) in [5, 5.41) is 7.49. The van der Waals surface area contributed by atoms with Gasteiger partial charge in [0.25, 0.3) is 11.8 Å². The summed E-state index contributed by atoms with van der Waals surface area (Å²) >= 11 is 4.74. The SMILES string of the molecule is COc1ccc(C(=O)Nc2cccc(NC(=O)c3cccs3)c2)cc1Br. The summed E-state index contributed by atoms with van der Waals surface area (Å²) in [5.41, 5.74) is 1.69. The highest BCUT2D eigenvalue weighted by Crippen LogP contribution is 2.26. The fraction of sp³-hybridized carbons (Fsp3) is 0.0526. The molecule has 0 bridgehead atoms. The average Bonchev–Trinajstić information content (AvgIpc) is 3.16. The van der Waals surface area contributed by atoms with E-state index in [4.69, 9.17) is 4.74 Å². The standard InChI is InChI=1S/C19H15BrN2O3S/c1-25-16-8-7-12(10-15(16)20)18(23)21-13-4-2-5-14(11-13)22-19(24)17-6-3-9-26-17/h2-11H,1H3,(H,21,23)(H,22,24). The zero-order chi connectivity index (χ0) is 18.5. The van der Waals surface area contributed by atoms with E-state index >= 15 is 0 Å². The Morgan fingerprint density at radius 2 is 1.69 bits per heavy atom. The summed E-state index contributed by atoms with van der Waals surface area (Å²) in [6, 6.07) is 15.7. The molecule has 3 rings (SSSR count). The fourth-order valence-corrected chi connectivity index (χ4v) is 3.45. The summed E-state index contributed by atoms with van der Waals surface area (Å²) in [7, 11) is 1.57. The highest BCUT2D eigenvalue weighted by molar-refractivity contribution is 9.10. The van der Waals surface area contributed by atoms with Crippen molar-refractivity contribution in [1.82, 2.24) is 0 Å². The molecular formula is C19H15BrN2O3S. The lowest BCUT2D eigenvalue weighted by Crippen LogP contribution is -2.13. The van der Waals surface area contributed by atoms with Crippen LogP contribution in [0.3, 0.4) is 0 Å². The maximum Gasteiger partial charge on any atom is 0.265 e. The lowest BCUT2D eigenvalue weighted by molar-refractivity contribution is 0.102. The van der Waals surface area contributed by atoms with Crippen LogP contribution in [0.2, 0.25) is 0 Å². The molecule has 0 unspecified atom stereocenters. The van der Waals surface area contributed by atoms with Crippen molar-refractivity contribution in [3.05, 3.63) is 74.9 Å². The molecule has 7 heteroatoms. The zero-order valence-corrected chi connectivity index (χ0v) is 16.2. The number of anilines is 2. The number of ether oxygens (including phenoxy) is 1. The number of thiophene rings is 1. The molecule has 0 atom stereocenters.